The summed E-state index contributed by atoms with van der Waals surface area (Å²) >= 11 is 0. The lowest BCUT2D eigenvalue weighted by Crippen LogP contribution is -2.22. The van der Waals surface area contributed by atoms with Gasteiger partial charge >= 0.3 is 6.09 Å². The zero-order valence-electron chi connectivity index (χ0n) is 14.4. The second kappa shape index (κ2) is 6.57. The third-order valence-electron chi connectivity index (χ3n) is 4.05. The van der Waals surface area contributed by atoms with E-state index in [2.05, 4.69) is 41.7 Å². The summed E-state index contributed by atoms with van der Waals surface area (Å²) in [4.78, 5) is 28.0. The van der Waals surface area contributed by atoms with Crippen molar-refractivity contribution in [3.63, 3.8) is 0 Å². The molecule has 0 radical (unpaired) electrons. The summed E-state index contributed by atoms with van der Waals surface area (Å²) in [6.45, 7) is 6.44. The van der Waals surface area contributed by atoms with E-state index in [4.69, 9.17) is 0 Å². The summed E-state index contributed by atoms with van der Waals surface area (Å²) in [7, 11) is 0. The molecule has 0 aromatic heterocycles. The lowest BCUT2D eigenvalue weighted by atomic mass is 9.87. The zero-order valence-corrected chi connectivity index (χ0v) is 14.4. The minimum Gasteiger partial charge on any atom is -0.351 e. The summed E-state index contributed by atoms with van der Waals surface area (Å²) in [5.74, 6) is -0.185. The van der Waals surface area contributed by atoms with Gasteiger partial charge in [-0.2, -0.15) is 0 Å². The molecule has 130 valence electrons. The van der Waals surface area contributed by atoms with Crippen molar-refractivity contribution in [1.82, 2.24) is 10.8 Å². The summed E-state index contributed by atoms with van der Waals surface area (Å²) in [6, 6.07) is 14.8. The maximum absolute atomic E-state index is 12.4. The molecule has 1 aliphatic heterocycles. The van der Waals surface area contributed by atoms with E-state index in [1.807, 2.05) is 24.3 Å². The van der Waals surface area contributed by atoms with Gasteiger partial charge in [-0.25, -0.2) is 4.79 Å². The van der Waals surface area contributed by atoms with Crippen LogP contribution < -0.4 is 16.1 Å². The number of nitrogens with one attached hydrogen (secondary N) is 3. The minimum absolute atomic E-state index is 0.0752. The van der Waals surface area contributed by atoms with E-state index in [9.17, 15) is 9.59 Å². The van der Waals surface area contributed by atoms with E-state index in [0.29, 0.717) is 5.56 Å². The number of hydroxylamine groups is 1. The van der Waals surface area contributed by atoms with Crippen LogP contribution in [0.2, 0.25) is 0 Å². The maximum Gasteiger partial charge on any atom is 0.427 e. The first-order valence-electron chi connectivity index (χ1n) is 8.08. The van der Waals surface area contributed by atoms with Gasteiger partial charge in [-0.05, 0) is 40.8 Å². The van der Waals surface area contributed by atoms with E-state index < -0.39 is 12.3 Å². The van der Waals surface area contributed by atoms with Gasteiger partial charge in [0.1, 0.15) is 6.17 Å². The number of carbonyl (C=O) groups is 2. The predicted molar refractivity (Wildman–Crippen MR) is 95.0 cm³/mol. The van der Waals surface area contributed by atoms with Crippen molar-refractivity contribution in [2.75, 3.05) is 5.32 Å². The third kappa shape index (κ3) is 3.97. The lowest BCUT2D eigenvalue weighted by molar-refractivity contribution is 0.102. The van der Waals surface area contributed by atoms with Crippen LogP contribution in [0.4, 0.5) is 10.5 Å². The van der Waals surface area contributed by atoms with E-state index in [-0.39, 0.29) is 11.3 Å². The number of benzene rings is 2. The van der Waals surface area contributed by atoms with Crippen LogP contribution in [0, 0.1) is 0 Å². The van der Waals surface area contributed by atoms with Crippen LogP contribution >= 0.6 is 0 Å². The van der Waals surface area contributed by atoms with E-state index in [1.54, 1.807) is 24.3 Å². The molecule has 1 heterocycles. The smallest absolute Gasteiger partial charge is 0.351 e. The van der Waals surface area contributed by atoms with Gasteiger partial charge in [0.25, 0.3) is 5.91 Å². The van der Waals surface area contributed by atoms with Crippen molar-refractivity contribution >= 4 is 17.7 Å². The van der Waals surface area contributed by atoms with E-state index in [1.165, 1.54) is 5.56 Å². The predicted octanol–water partition coefficient (Wildman–Crippen LogP) is 3.48. The Kier molecular flexibility index (Phi) is 4.46. The number of hydrogen-bond donors (Lipinski definition) is 3. The summed E-state index contributed by atoms with van der Waals surface area (Å²) < 4.78 is 0. The van der Waals surface area contributed by atoms with Crippen molar-refractivity contribution in [3.8, 4) is 0 Å². The van der Waals surface area contributed by atoms with Gasteiger partial charge < -0.3 is 10.2 Å². The number of amides is 2. The van der Waals surface area contributed by atoms with E-state index >= 15 is 0 Å². The van der Waals surface area contributed by atoms with E-state index in [0.717, 1.165) is 11.3 Å². The fourth-order valence-electron chi connectivity index (χ4n) is 2.52. The number of rotatable bonds is 3. The second-order valence-electron chi connectivity index (χ2n) is 6.99. The fourth-order valence-corrected chi connectivity index (χ4v) is 2.52. The van der Waals surface area contributed by atoms with Crippen molar-refractivity contribution in [1.29, 1.82) is 0 Å². The van der Waals surface area contributed by atoms with Crippen molar-refractivity contribution in [3.05, 3.63) is 65.2 Å². The zero-order chi connectivity index (χ0) is 18.0. The number of hydrogen-bond acceptors (Lipinski definition) is 4. The molecule has 2 aromatic rings. The largest absolute Gasteiger partial charge is 0.427 e. The molecule has 1 aliphatic rings. The van der Waals surface area contributed by atoms with Gasteiger partial charge in [0.05, 0.1) is 0 Å². The molecule has 2 aromatic carbocycles. The molecule has 6 heteroatoms. The molecular weight excluding hydrogens is 318 g/mol. The third-order valence-corrected chi connectivity index (χ3v) is 4.05. The lowest BCUT2D eigenvalue weighted by Gasteiger charge is -2.19. The average Bonchev–Trinajstić information content (AvgIpc) is 3.01. The topological polar surface area (TPSA) is 79.5 Å². The molecule has 0 bridgehead atoms. The van der Waals surface area contributed by atoms with Crippen LogP contribution in [0.3, 0.4) is 0 Å². The highest BCUT2D eigenvalue weighted by atomic mass is 16.7. The first-order valence-corrected chi connectivity index (χ1v) is 8.08. The molecule has 2 amide bonds. The Morgan fingerprint density at radius 1 is 1.04 bits per heavy atom. The highest BCUT2D eigenvalue weighted by Gasteiger charge is 2.23. The molecule has 3 N–H and O–H groups in total. The summed E-state index contributed by atoms with van der Waals surface area (Å²) in [5, 5.41) is 5.49. The van der Waals surface area contributed by atoms with Gasteiger partial charge in [-0.3, -0.25) is 10.1 Å². The Hall–Kier alpha value is -2.86. The van der Waals surface area contributed by atoms with Gasteiger partial charge in [0.15, 0.2) is 0 Å². The molecule has 1 saturated heterocycles. The van der Waals surface area contributed by atoms with Crippen LogP contribution in [0.25, 0.3) is 0 Å². The molecule has 1 unspecified atom stereocenters. The summed E-state index contributed by atoms with van der Waals surface area (Å²) in [5.41, 5.74) is 5.94. The molecule has 1 fully saturated rings. The normalized spacial score (nSPS) is 16.9. The van der Waals surface area contributed by atoms with Crippen molar-refractivity contribution < 1.29 is 14.4 Å². The van der Waals surface area contributed by atoms with Gasteiger partial charge in [-0.1, -0.05) is 45.0 Å². The quantitative estimate of drug-likeness (QED) is 0.800. The number of carbonyl (C=O) groups excluding carboxylic acids is 2. The van der Waals surface area contributed by atoms with Gasteiger partial charge in [0.2, 0.25) is 0 Å². The minimum atomic E-state index is -0.523. The molecule has 1 atom stereocenters. The summed E-state index contributed by atoms with van der Waals surface area (Å²) in [6.07, 6.45) is -0.930. The molecule has 0 spiro atoms. The fraction of sp³-hybridized carbons (Fsp3) is 0.263. The van der Waals surface area contributed by atoms with Crippen LogP contribution in [-0.4, -0.2) is 12.0 Å². The average molecular weight is 339 g/mol. The van der Waals surface area contributed by atoms with Crippen molar-refractivity contribution in [2.24, 2.45) is 0 Å². The second-order valence-corrected chi connectivity index (χ2v) is 6.99. The standard InChI is InChI=1S/C19H21N3O3/c1-19(2,3)14-8-10-15(11-9-14)20-17(23)13-6-4-12(5-7-13)16-21-18(24)25-22-16/h4-11,16,22H,1-3H3,(H,20,23)(H,21,24). The number of anilines is 1. The highest BCUT2D eigenvalue weighted by molar-refractivity contribution is 6.04. The Labute approximate surface area is 146 Å². The van der Waals surface area contributed by atoms with Crippen LogP contribution in [-0.2, 0) is 10.3 Å². The van der Waals surface area contributed by atoms with Crippen LogP contribution in [0.15, 0.2) is 48.5 Å². The monoisotopic (exact) mass is 339 g/mol. The highest BCUT2D eigenvalue weighted by Crippen LogP contribution is 2.23. The molecular formula is C19H21N3O3. The molecule has 0 saturated carbocycles. The molecule has 0 aliphatic carbocycles. The van der Waals surface area contributed by atoms with Gasteiger partial charge in [0, 0.05) is 11.3 Å². The Bertz CT molecular complexity index is 777. The maximum atomic E-state index is 12.4. The molecule has 3 rings (SSSR count). The Morgan fingerprint density at radius 3 is 2.20 bits per heavy atom. The first-order chi connectivity index (χ1) is 11.8. The van der Waals surface area contributed by atoms with Crippen LogP contribution in [0.1, 0.15) is 48.4 Å². The first kappa shape index (κ1) is 17.0. The molecule has 25 heavy (non-hydrogen) atoms. The Morgan fingerprint density at radius 2 is 1.68 bits per heavy atom. The Balaban J connectivity index is 1.66. The molecule has 6 nitrogen and oxygen atoms in total. The SMILES string of the molecule is CC(C)(C)c1ccc(NC(=O)c2ccc(C3NOC(=O)N3)cc2)cc1. The van der Waals surface area contributed by atoms with Gasteiger partial charge in [-0.15, -0.1) is 5.48 Å². The van der Waals surface area contributed by atoms with Crippen molar-refractivity contribution in [2.45, 2.75) is 32.4 Å². The van der Waals surface area contributed by atoms with Crippen LogP contribution in [0.5, 0.6) is 0 Å².